The number of benzene rings is 1. The predicted octanol–water partition coefficient (Wildman–Crippen LogP) is 3.67. The average Bonchev–Trinajstić information content (AvgIpc) is 3.41. The van der Waals surface area contributed by atoms with E-state index < -0.39 is 0 Å². The summed E-state index contributed by atoms with van der Waals surface area (Å²) >= 11 is 0. The van der Waals surface area contributed by atoms with E-state index in [1.807, 2.05) is 18.5 Å². The van der Waals surface area contributed by atoms with E-state index >= 15 is 0 Å². The van der Waals surface area contributed by atoms with Crippen LogP contribution in [0.5, 0.6) is 11.5 Å². The smallest absolute Gasteiger partial charge is 0.223 e. The van der Waals surface area contributed by atoms with Gasteiger partial charge in [0.1, 0.15) is 18.2 Å². The van der Waals surface area contributed by atoms with Gasteiger partial charge >= 0.3 is 0 Å². The molecule has 0 fully saturated rings. The zero-order valence-corrected chi connectivity index (χ0v) is 19.5. The molecule has 0 bridgehead atoms. The standard InChI is InChI=1S/C23H29N5O5/c1-5-20-22(21(6-2)28(26-20)7-8-30-15-31-10-9-29-4)32-19-12-17(14-24)11-18(13-19)23-25-16(3)33-27-23/h11-13H,5-10,15H2,1-4H3. The highest BCUT2D eigenvalue weighted by atomic mass is 16.7. The lowest BCUT2D eigenvalue weighted by Gasteiger charge is -2.11. The molecule has 3 rings (SSSR count). The van der Waals surface area contributed by atoms with Gasteiger partial charge in [0, 0.05) is 19.6 Å². The number of rotatable bonds is 13. The van der Waals surface area contributed by atoms with E-state index in [1.54, 1.807) is 32.2 Å². The molecule has 0 aliphatic carbocycles. The molecule has 0 saturated heterocycles. The molecular weight excluding hydrogens is 426 g/mol. The fraction of sp³-hybridized carbons (Fsp3) is 0.478. The van der Waals surface area contributed by atoms with Crippen LogP contribution in [0.25, 0.3) is 11.4 Å². The molecule has 33 heavy (non-hydrogen) atoms. The van der Waals surface area contributed by atoms with E-state index in [2.05, 4.69) is 16.2 Å². The molecular formula is C23H29N5O5. The number of nitrogens with zero attached hydrogens (tertiary/aromatic N) is 5. The van der Waals surface area contributed by atoms with Crippen molar-refractivity contribution in [2.45, 2.75) is 40.2 Å². The molecule has 0 unspecified atom stereocenters. The lowest BCUT2D eigenvalue weighted by Crippen LogP contribution is -2.13. The zero-order valence-electron chi connectivity index (χ0n) is 19.5. The Morgan fingerprint density at radius 1 is 1.09 bits per heavy atom. The summed E-state index contributed by atoms with van der Waals surface area (Å²) < 4.78 is 29.1. The topological polar surface area (TPSA) is 117 Å². The van der Waals surface area contributed by atoms with Crippen LogP contribution in [0, 0.1) is 18.3 Å². The van der Waals surface area contributed by atoms with Gasteiger partial charge in [-0.3, -0.25) is 4.68 Å². The van der Waals surface area contributed by atoms with E-state index in [0.29, 0.717) is 67.1 Å². The molecule has 0 spiro atoms. The Labute approximate surface area is 193 Å². The molecule has 0 aliphatic heterocycles. The molecule has 2 aromatic heterocycles. The van der Waals surface area contributed by atoms with E-state index in [4.69, 9.17) is 28.6 Å². The second-order valence-corrected chi connectivity index (χ2v) is 7.18. The fourth-order valence-electron chi connectivity index (χ4n) is 3.27. The summed E-state index contributed by atoms with van der Waals surface area (Å²) in [7, 11) is 1.63. The molecule has 10 heteroatoms. The Balaban J connectivity index is 1.78. The van der Waals surface area contributed by atoms with Crippen molar-refractivity contribution in [1.29, 1.82) is 5.26 Å². The number of hydrogen-bond donors (Lipinski definition) is 0. The minimum absolute atomic E-state index is 0.204. The van der Waals surface area contributed by atoms with Crippen LogP contribution in [0.3, 0.4) is 0 Å². The van der Waals surface area contributed by atoms with E-state index in [-0.39, 0.29) is 6.79 Å². The first-order chi connectivity index (χ1) is 16.1. The van der Waals surface area contributed by atoms with Gasteiger partial charge in [0.05, 0.1) is 43.7 Å². The summed E-state index contributed by atoms with van der Waals surface area (Å²) in [6, 6.07) is 7.35. The van der Waals surface area contributed by atoms with Crippen molar-refractivity contribution in [1.82, 2.24) is 19.9 Å². The Bertz CT molecular complexity index is 1090. The van der Waals surface area contributed by atoms with Crippen LogP contribution in [0.4, 0.5) is 0 Å². The van der Waals surface area contributed by atoms with Crippen molar-refractivity contribution in [3.05, 3.63) is 41.0 Å². The number of ether oxygens (including phenoxy) is 4. The Kier molecular flexibility index (Phi) is 8.95. The third kappa shape index (κ3) is 6.38. The van der Waals surface area contributed by atoms with Gasteiger partial charge in [0.15, 0.2) is 5.75 Å². The normalized spacial score (nSPS) is 11.0. The van der Waals surface area contributed by atoms with E-state index in [0.717, 1.165) is 17.8 Å². The van der Waals surface area contributed by atoms with Gasteiger partial charge in [0.2, 0.25) is 11.7 Å². The summed E-state index contributed by atoms with van der Waals surface area (Å²) in [6.07, 6.45) is 1.42. The first kappa shape index (κ1) is 24.4. The van der Waals surface area contributed by atoms with E-state index in [1.165, 1.54) is 0 Å². The van der Waals surface area contributed by atoms with Gasteiger partial charge in [0.25, 0.3) is 0 Å². The Morgan fingerprint density at radius 2 is 1.91 bits per heavy atom. The first-order valence-electron chi connectivity index (χ1n) is 10.9. The van der Waals surface area contributed by atoms with Crippen molar-refractivity contribution in [2.24, 2.45) is 0 Å². The van der Waals surface area contributed by atoms with Crippen molar-refractivity contribution in [3.8, 4) is 29.0 Å². The van der Waals surface area contributed by atoms with Crippen molar-refractivity contribution >= 4 is 0 Å². The summed E-state index contributed by atoms with van der Waals surface area (Å²) in [6.45, 7) is 8.04. The summed E-state index contributed by atoms with van der Waals surface area (Å²) in [5, 5.41) is 18.1. The number of methoxy groups -OCH3 is 1. The molecule has 0 atom stereocenters. The number of nitriles is 1. The van der Waals surface area contributed by atoms with Gasteiger partial charge in [-0.1, -0.05) is 19.0 Å². The number of hydrogen-bond acceptors (Lipinski definition) is 9. The molecule has 1 aromatic carbocycles. The number of aryl methyl sites for hydroxylation is 2. The first-order valence-corrected chi connectivity index (χ1v) is 10.9. The van der Waals surface area contributed by atoms with Crippen LogP contribution in [0.1, 0.15) is 36.7 Å². The highest BCUT2D eigenvalue weighted by Gasteiger charge is 2.19. The fourth-order valence-corrected chi connectivity index (χ4v) is 3.27. The highest BCUT2D eigenvalue weighted by Crippen LogP contribution is 2.33. The second kappa shape index (κ2) is 12.1. The largest absolute Gasteiger partial charge is 0.453 e. The van der Waals surface area contributed by atoms with Crippen LogP contribution < -0.4 is 4.74 Å². The maximum atomic E-state index is 9.48. The monoisotopic (exact) mass is 455 g/mol. The lowest BCUT2D eigenvalue weighted by molar-refractivity contribution is -0.0679. The van der Waals surface area contributed by atoms with Crippen LogP contribution in [0.15, 0.2) is 22.7 Å². The summed E-state index contributed by atoms with van der Waals surface area (Å²) in [4.78, 5) is 4.25. The molecule has 10 nitrogen and oxygen atoms in total. The molecule has 3 aromatic rings. The minimum atomic E-state index is 0.204. The van der Waals surface area contributed by atoms with Crippen LogP contribution >= 0.6 is 0 Å². The maximum Gasteiger partial charge on any atom is 0.223 e. The Morgan fingerprint density at radius 3 is 2.58 bits per heavy atom. The molecule has 0 amide bonds. The average molecular weight is 456 g/mol. The molecule has 0 radical (unpaired) electrons. The van der Waals surface area contributed by atoms with E-state index in [9.17, 15) is 5.26 Å². The zero-order chi connectivity index (χ0) is 23.6. The third-order valence-electron chi connectivity index (χ3n) is 4.83. The summed E-state index contributed by atoms with van der Waals surface area (Å²) in [5.41, 5.74) is 2.87. The van der Waals surface area contributed by atoms with Crippen molar-refractivity contribution < 1.29 is 23.5 Å². The van der Waals surface area contributed by atoms with Gasteiger partial charge < -0.3 is 23.5 Å². The predicted molar refractivity (Wildman–Crippen MR) is 119 cm³/mol. The molecule has 0 saturated carbocycles. The quantitative estimate of drug-likeness (QED) is 0.281. The minimum Gasteiger partial charge on any atom is -0.453 e. The highest BCUT2D eigenvalue weighted by molar-refractivity contribution is 5.61. The number of aromatic nitrogens is 4. The third-order valence-corrected chi connectivity index (χ3v) is 4.83. The van der Waals surface area contributed by atoms with Gasteiger partial charge in [-0.2, -0.15) is 15.3 Å². The molecule has 2 heterocycles. The van der Waals surface area contributed by atoms with Crippen LogP contribution in [-0.2, 0) is 33.6 Å². The van der Waals surface area contributed by atoms with Crippen LogP contribution in [-0.4, -0.2) is 53.6 Å². The maximum absolute atomic E-state index is 9.48. The summed E-state index contributed by atoms with van der Waals surface area (Å²) in [5.74, 6) is 2.06. The lowest BCUT2D eigenvalue weighted by atomic mass is 10.1. The SMILES string of the molecule is CCc1nn(CCOCOCCOC)c(CC)c1Oc1cc(C#N)cc(-c2noc(C)n2)c1. The Hall–Kier alpha value is -3.26. The molecule has 0 N–H and O–H groups in total. The molecule has 176 valence electrons. The molecule has 0 aliphatic rings. The van der Waals surface area contributed by atoms with Gasteiger partial charge in [-0.05, 0) is 31.0 Å². The van der Waals surface area contributed by atoms with Gasteiger partial charge in [-0.25, -0.2) is 0 Å². The van der Waals surface area contributed by atoms with Gasteiger partial charge in [-0.15, -0.1) is 0 Å². The van der Waals surface area contributed by atoms with Crippen LogP contribution in [0.2, 0.25) is 0 Å². The van der Waals surface area contributed by atoms with Crippen molar-refractivity contribution in [2.75, 3.05) is 33.7 Å². The second-order valence-electron chi connectivity index (χ2n) is 7.18. The van der Waals surface area contributed by atoms with Crippen molar-refractivity contribution in [3.63, 3.8) is 0 Å².